The maximum Gasteiger partial charge on any atom is 0.242 e. The smallest absolute Gasteiger partial charge is 0.242 e. The first-order valence-corrected chi connectivity index (χ1v) is 8.14. The van der Waals surface area contributed by atoms with Gasteiger partial charge in [-0.15, -0.1) is 11.3 Å². The van der Waals surface area contributed by atoms with E-state index >= 15 is 0 Å². The molecular formula is C14H14N4OS2. The predicted octanol–water partition coefficient (Wildman–Crippen LogP) is 3.48. The number of nitrogens with one attached hydrogen (secondary N) is 1. The number of hydrogen-bond acceptors (Lipinski definition) is 5. The lowest BCUT2D eigenvalue weighted by atomic mass is 9.94. The summed E-state index contributed by atoms with van der Waals surface area (Å²) in [6, 6.07) is 2.46. The maximum absolute atomic E-state index is 5.53. The third-order valence-electron chi connectivity index (χ3n) is 4.00. The second-order valence-corrected chi connectivity index (χ2v) is 6.48. The van der Waals surface area contributed by atoms with E-state index in [9.17, 15) is 0 Å². The second kappa shape index (κ2) is 4.92. The van der Waals surface area contributed by atoms with Gasteiger partial charge < -0.3 is 9.72 Å². The van der Waals surface area contributed by atoms with Crippen molar-refractivity contribution in [2.75, 3.05) is 7.11 Å². The van der Waals surface area contributed by atoms with Crippen LogP contribution in [0.4, 0.5) is 0 Å². The molecule has 0 saturated carbocycles. The number of ether oxygens (including phenoxy) is 1. The zero-order valence-corrected chi connectivity index (χ0v) is 13.1. The van der Waals surface area contributed by atoms with Crippen LogP contribution in [0.25, 0.3) is 11.2 Å². The van der Waals surface area contributed by atoms with E-state index < -0.39 is 0 Å². The Bertz CT molecular complexity index is 863. The average Bonchev–Trinajstić information content (AvgIpc) is 3.09. The SMILES string of the molecule is COc1ncnc2c1[nH]c(=S)n2C1CCCc2sccc21. The zero-order valence-electron chi connectivity index (χ0n) is 11.5. The van der Waals surface area contributed by atoms with E-state index in [-0.39, 0.29) is 6.04 Å². The standard InChI is InChI=1S/C14H14N4OS2/c1-19-13-11-12(15-7-16-13)18(14(20)17-11)9-3-2-4-10-8(9)5-6-21-10/h5-7,9H,2-4H2,1H3,(H,17,20). The molecule has 7 heteroatoms. The number of aromatic nitrogens is 4. The summed E-state index contributed by atoms with van der Waals surface area (Å²) in [7, 11) is 1.60. The van der Waals surface area contributed by atoms with Crippen LogP contribution < -0.4 is 4.74 Å². The number of rotatable bonds is 2. The van der Waals surface area contributed by atoms with Gasteiger partial charge in [-0.2, -0.15) is 4.98 Å². The van der Waals surface area contributed by atoms with Gasteiger partial charge in [0.05, 0.1) is 13.2 Å². The number of aromatic amines is 1. The van der Waals surface area contributed by atoms with Crippen molar-refractivity contribution >= 4 is 34.7 Å². The van der Waals surface area contributed by atoms with Crippen molar-refractivity contribution in [3.05, 3.63) is 33.0 Å². The van der Waals surface area contributed by atoms with Crippen molar-refractivity contribution < 1.29 is 4.74 Å². The Kier molecular flexibility index (Phi) is 3.04. The molecule has 21 heavy (non-hydrogen) atoms. The molecule has 3 aromatic heterocycles. The van der Waals surface area contributed by atoms with Crippen LogP contribution >= 0.6 is 23.6 Å². The molecule has 108 valence electrons. The van der Waals surface area contributed by atoms with E-state index in [0.717, 1.165) is 24.0 Å². The fourth-order valence-electron chi connectivity index (χ4n) is 3.09. The van der Waals surface area contributed by atoms with Gasteiger partial charge in [-0.25, -0.2) is 4.98 Å². The normalized spacial score (nSPS) is 17.9. The fourth-order valence-corrected chi connectivity index (χ4v) is 4.39. The molecule has 1 unspecified atom stereocenters. The summed E-state index contributed by atoms with van der Waals surface area (Å²) in [6.45, 7) is 0. The van der Waals surface area contributed by atoms with Gasteiger partial charge in [0.15, 0.2) is 10.4 Å². The highest BCUT2D eigenvalue weighted by Gasteiger charge is 2.26. The van der Waals surface area contributed by atoms with E-state index in [2.05, 4.69) is 31.0 Å². The Hall–Kier alpha value is -1.73. The number of hydrogen-bond donors (Lipinski definition) is 1. The first-order chi connectivity index (χ1) is 10.3. The number of fused-ring (bicyclic) bond motifs is 2. The Morgan fingerprint density at radius 1 is 1.48 bits per heavy atom. The molecule has 0 radical (unpaired) electrons. The minimum absolute atomic E-state index is 0.251. The first-order valence-electron chi connectivity index (χ1n) is 6.85. The number of methoxy groups -OCH3 is 1. The highest BCUT2D eigenvalue weighted by molar-refractivity contribution is 7.71. The lowest BCUT2D eigenvalue weighted by molar-refractivity contribution is 0.401. The molecule has 1 N–H and O–H groups in total. The molecular weight excluding hydrogens is 304 g/mol. The quantitative estimate of drug-likeness (QED) is 0.735. The topological polar surface area (TPSA) is 55.7 Å². The third kappa shape index (κ3) is 1.91. The van der Waals surface area contributed by atoms with Crippen molar-refractivity contribution in [1.29, 1.82) is 0 Å². The van der Waals surface area contributed by atoms with E-state index in [0.29, 0.717) is 10.7 Å². The summed E-state index contributed by atoms with van der Waals surface area (Å²) in [5.41, 5.74) is 2.96. The molecule has 5 nitrogen and oxygen atoms in total. The number of thiophene rings is 1. The van der Waals surface area contributed by atoms with E-state index in [1.54, 1.807) is 7.11 Å². The van der Waals surface area contributed by atoms with Crippen LogP contribution in [0.2, 0.25) is 0 Å². The van der Waals surface area contributed by atoms with Gasteiger partial charge in [0.1, 0.15) is 11.8 Å². The summed E-state index contributed by atoms with van der Waals surface area (Å²) in [5.74, 6) is 0.534. The largest absolute Gasteiger partial charge is 0.479 e. The number of H-pyrrole nitrogens is 1. The van der Waals surface area contributed by atoms with E-state index in [1.165, 1.54) is 23.2 Å². The lowest BCUT2D eigenvalue weighted by Gasteiger charge is -2.24. The minimum Gasteiger partial charge on any atom is -0.479 e. The van der Waals surface area contributed by atoms with Crippen molar-refractivity contribution in [3.63, 3.8) is 0 Å². The predicted molar refractivity (Wildman–Crippen MR) is 84.7 cm³/mol. The second-order valence-electron chi connectivity index (χ2n) is 5.09. The van der Waals surface area contributed by atoms with Crippen LogP contribution in [-0.4, -0.2) is 26.6 Å². The molecule has 0 saturated heterocycles. The molecule has 0 aliphatic heterocycles. The van der Waals surface area contributed by atoms with Gasteiger partial charge in [0, 0.05) is 4.88 Å². The van der Waals surface area contributed by atoms with Crippen LogP contribution in [0.3, 0.4) is 0 Å². The van der Waals surface area contributed by atoms with Crippen LogP contribution in [0.5, 0.6) is 5.88 Å². The van der Waals surface area contributed by atoms with Crippen LogP contribution in [0.1, 0.15) is 29.3 Å². The number of aryl methyl sites for hydroxylation is 1. The highest BCUT2D eigenvalue weighted by atomic mass is 32.1. The number of nitrogens with zero attached hydrogens (tertiary/aromatic N) is 3. The van der Waals surface area contributed by atoms with Gasteiger partial charge in [0.2, 0.25) is 5.88 Å². The molecule has 0 amide bonds. The summed E-state index contributed by atoms with van der Waals surface area (Å²) in [6.07, 6.45) is 4.95. The molecule has 3 heterocycles. The molecule has 1 atom stereocenters. The third-order valence-corrected chi connectivity index (χ3v) is 5.29. The van der Waals surface area contributed by atoms with Gasteiger partial charge >= 0.3 is 0 Å². The Morgan fingerprint density at radius 2 is 2.38 bits per heavy atom. The molecule has 0 fully saturated rings. The summed E-state index contributed by atoms with van der Waals surface area (Å²) in [5, 5.41) is 2.16. The molecule has 0 bridgehead atoms. The van der Waals surface area contributed by atoms with Gasteiger partial charge in [0.25, 0.3) is 0 Å². The van der Waals surface area contributed by atoms with Crippen LogP contribution in [-0.2, 0) is 6.42 Å². The van der Waals surface area contributed by atoms with Gasteiger partial charge in [-0.1, -0.05) is 0 Å². The van der Waals surface area contributed by atoms with Gasteiger partial charge in [-0.05, 0) is 48.5 Å². The fraction of sp³-hybridized carbons (Fsp3) is 0.357. The Morgan fingerprint density at radius 3 is 3.24 bits per heavy atom. The van der Waals surface area contributed by atoms with Crippen molar-refractivity contribution in [2.24, 2.45) is 0 Å². The van der Waals surface area contributed by atoms with E-state index in [4.69, 9.17) is 17.0 Å². The van der Waals surface area contributed by atoms with Crippen LogP contribution in [0.15, 0.2) is 17.8 Å². The van der Waals surface area contributed by atoms with E-state index in [1.807, 2.05) is 11.3 Å². The molecule has 4 rings (SSSR count). The Labute approximate surface area is 130 Å². The monoisotopic (exact) mass is 318 g/mol. The molecule has 1 aliphatic rings. The highest BCUT2D eigenvalue weighted by Crippen LogP contribution is 2.38. The lowest BCUT2D eigenvalue weighted by Crippen LogP contribution is -2.16. The van der Waals surface area contributed by atoms with Crippen molar-refractivity contribution in [2.45, 2.75) is 25.3 Å². The first kappa shape index (κ1) is 13.0. The summed E-state index contributed by atoms with van der Waals surface area (Å²) >= 11 is 7.36. The molecule has 1 aliphatic carbocycles. The number of imidazole rings is 1. The van der Waals surface area contributed by atoms with Crippen molar-refractivity contribution in [1.82, 2.24) is 19.5 Å². The maximum atomic E-state index is 5.53. The molecule has 0 spiro atoms. The van der Waals surface area contributed by atoms with Gasteiger partial charge in [-0.3, -0.25) is 4.57 Å². The average molecular weight is 318 g/mol. The summed E-state index contributed by atoms with van der Waals surface area (Å²) in [4.78, 5) is 13.2. The van der Waals surface area contributed by atoms with Crippen LogP contribution in [0, 0.1) is 4.77 Å². The molecule has 0 aromatic carbocycles. The molecule has 3 aromatic rings. The van der Waals surface area contributed by atoms with Crippen molar-refractivity contribution in [3.8, 4) is 5.88 Å². The summed E-state index contributed by atoms with van der Waals surface area (Å²) < 4.78 is 8.08. The Balaban J connectivity index is 1.97. The zero-order chi connectivity index (χ0) is 14.4. The minimum atomic E-state index is 0.251.